The zero-order chi connectivity index (χ0) is 17.8. The van der Waals surface area contributed by atoms with Crippen molar-refractivity contribution in [2.45, 2.75) is 39.3 Å². The molecule has 1 rings (SSSR count). The number of carbonyl (C=O) groups is 3. The first-order valence-corrected chi connectivity index (χ1v) is 7.17. The second-order valence-corrected chi connectivity index (χ2v) is 5.80. The third-order valence-corrected chi connectivity index (χ3v) is 2.98. The molecule has 8 nitrogen and oxygen atoms in total. The molecule has 23 heavy (non-hydrogen) atoms. The third-order valence-electron chi connectivity index (χ3n) is 2.98. The van der Waals surface area contributed by atoms with E-state index >= 15 is 0 Å². The van der Waals surface area contributed by atoms with E-state index in [0.29, 0.717) is 0 Å². The first kappa shape index (κ1) is 18.8. The first-order valence-electron chi connectivity index (χ1n) is 7.17. The molecule has 1 aliphatic heterocycles. The summed E-state index contributed by atoms with van der Waals surface area (Å²) in [7, 11) is 2.35. The van der Waals surface area contributed by atoms with Crippen LogP contribution < -0.4 is 0 Å². The van der Waals surface area contributed by atoms with Crippen LogP contribution in [0.2, 0.25) is 0 Å². The molecule has 0 aromatic carbocycles. The number of esters is 2. The molecule has 0 fully saturated rings. The highest BCUT2D eigenvalue weighted by atomic mass is 16.6. The number of ether oxygens (including phenoxy) is 4. The van der Waals surface area contributed by atoms with Crippen molar-refractivity contribution in [3.05, 3.63) is 11.3 Å². The summed E-state index contributed by atoms with van der Waals surface area (Å²) in [5.41, 5.74) is -0.801. The fourth-order valence-corrected chi connectivity index (χ4v) is 2.12. The normalized spacial score (nSPS) is 17.8. The molecule has 0 aromatic rings. The molecule has 1 aliphatic rings. The van der Waals surface area contributed by atoms with Crippen molar-refractivity contribution >= 4 is 18.0 Å². The second kappa shape index (κ2) is 7.34. The number of rotatable bonds is 4. The monoisotopic (exact) mass is 329 g/mol. The highest BCUT2D eigenvalue weighted by molar-refractivity contribution is 6.01. The van der Waals surface area contributed by atoms with Gasteiger partial charge in [-0.05, 0) is 27.7 Å². The fraction of sp³-hybridized carbons (Fsp3) is 0.667. The summed E-state index contributed by atoms with van der Waals surface area (Å²) < 4.78 is 20.1. The van der Waals surface area contributed by atoms with Gasteiger partial charge in [-0.1, -0.05) is 0 Å². The molecule has 0 radical (unpaired) electrons. The number of amides is 1. The van der Waals surface area contributed by atoms with Gasteiger partial charge in [0.2, 0.25) is 0 Å². The van der Waals surface area contributed by atoms with Crippen molar-refractivity contribution in [3.8, 4) is 0 Å². The molecule has 0 unspecified atom stereocenters. The minimum atomic E-state index is -1.26. The Morgan fingerprint density at radius 3 is 2.22 bits per heavy atom. The van der Waals surface area contributed by atoms with Crippen molar-refractivity contribution in [1.82, 2.24) is 4.90 Å². The molecule has 1 amide bonds. The van der Waals surface area contributed by atoms with Gasteiger partial charge in [0.25, 0.3) is 0 Å². The molecule has 8 heteroatoms. The van der Waals surface area contributed by atoms with E-state index < -0.39 is 29.7 Å². The minimum Gasteiger partial charge on any atom is -0.496 e. The maximum absolute atomic E-state index is 12.4. The Bertz CT molecular complexity index is 518. The standard InChI is InChI=1S/C15H23NO7/c1-7-22-9-8-16(14(19)23-15(2,3)4)11(13(18)21-6)10(9)12(17)20-5/h11H,7-8H2,1-6H3/t11-/m0/s1. The Kier molecular flexibility index (Phi) is 6.00. The van der Waals surface area contributed by atoms with Crippen LogP contribution in [0.4, 0.5) is 4.79 Å². The Labute approximate surface area is 135 Å². The van der Waals surface area contributed by atoms with Crippen LogP contribution in [0.25, 0.3) is 0 Å². The molecule has 0 aliphatic carbocycles. The van der Waals surface area contributed by atoms with Crippen molar-refractivity contribution in [2.24, 2.45) is 0 Å². The van der Waals surface area contributed by atoms with E-state index in [1.807, 2.05) is 0 Å². The van der Waals surface area contributed by atoms with Crippen molar-refractivity contribution in [3.63, 3.8) is 0 Å². The lowest BCUT2D eigenvalue weighted by Crippen LogP contribution is -2.46. The van der Waals surface area contributed by atoms with Crippen LogP contribution >= 0.6 is 0 Å². The lowest BCUT2D eigenvalue weighted by Gasteiger charge is -2.27. The SMILES string of the molecule is CCOC1=C(C(=O)OC)[C@@H](C(=O)OC)N(C(=O)OC(C)(C)C)C1. The van der Waals surface area contributed by atoms with Gasteiger partial charge < -0.3 is 18.9 Å². The van der Waals surface area contributed by atoms with Gasteiger partial charge in [-0.2, -0.15) is 0 Å². The van der Waals surface area contributed by atoms with Gasteiger partial charge in [0.15, 0.2) is 6.04 Å². The average molecular weight is 329 g/mol. The van der Waals surface area contributed by atoms with Crippen LogP contribution in [0.5, 0.6) is 0 Å². The van der Waals surface area contributed by atoms with Crippen molar-refractivity contribution < 1.29 is 33.3 Å². The van der Waals surface area contributed by atoms with E-state index in [1.165, 1.54) is 14.2 Å². The molecular formula is C15H23NO7. The Morgan fingerprint density at radius 1 is 1.17 bits per heavy atom. The minimum absolute atomic E-state index is 0.0490. The predicted octanol–water partition coefficient (Wildman–Crippen LogP) is 1.24. The summed E-state index contributed by atoms with van der Waals surface area (Å²) >= 11 is 0. The lowest BCUT2D eigenvalue weighted by atomic mass is 10.1. The third kappa shape index (κ3) is 4.37. The molecule has 1 atom stereocenters. The summed E-state index contributed by atoms with van der Waals surface area (Å²) in [6.45, 7) is 7.02. The Balaban J connectivity index is 3.22. The smallest absolute Gasteiger partial charge is 0.411 e. The summed E-state index contributed by atoms with van der Waals surface area (Å²) in [6, 6.07) is -1.26. The lowest BCUT2D eigenvalue weighted by molar-refractivity contribution is -0.147. The average Bonchev–Trinajstić information content (AvgIpc) is 2.83. The highest BCUT2D eigenvalue weighted by Crippen LogP contribution is 2.29. The quantitative estimate of drug-likeness (QED) is 0.566. The topological polar surface area (TPSA) is 91.4 Å². The van der Waals surface area contributed by atoms with Gasteiger partial charge in [0.05, 0.1) is 27.4 Å². The Hall–Kier alpha value is -2.25. The summed E-state index contributed by atoms with van der Waals surface area (Å²) in [4.78, 5) is 37.6. The maximum Gasteiger partial charge on any atom is 0.411 e. The van der Waals surface area contributed by atoms with Crippen molar-refractivity contribution in [1.29, 1.82) is 0 Å². The molecule has 0 spiro atoms. The maximum atomic E-state index is 12.4. The van der Waals surface area contributed by atoms with E-state index in [9.17, 15) is 14.4 Å². The number of carbonyl (C=O) groups excluding carboxylic acids is 3. The van der Waals surface area contributed by atoms with Crippen molar-refractivity contribution in [2.75, 3.05) is 27.4 Å². The van der Waals surface area contributed by atoms with Crippen LogP contribution in [0.15, 0.2) is 11.3 Å². The zero-order valence-electron chi connectivity index (χ0n) is 14.3. The first-order chi connectivity index (χ1) is 10.7. The molecule has 0 saturated heterocycles. The molecule has 0 saturated carbocycles. The molecule has 0 aromatic heterocycles. The number of nitrogens with zero attached hydrogens (tertiary/aromatic N) is 1. The van der Waals surface area contributed by atoms with Crippen LogP contribution in [0, 0.1) is 0 Å². The van der Waals surface area contributed by atoms with E-state index in [0.717, 1.165) is 4.90 Å². The van der Waals surface area contributed by atoms with E-state index in [4.69, 9.17) is 18.9 Å². The molecule has 0 N–H and O–H groups in total. The number of hydrogen-bond donors (Lipinski definition) is 0. The predicted molar refractivity (Wildman–Crippen MR) is 79.4 cm³/mol. The largest absolute Gasteiger partial charge is 0.496 e. The zero-order valence-corrected chi connectivity index (χ0v) is 14.3. The van der Waals surface area contributed by atoms with Gasteiger partial charge in [-0.25, -0.2) is 14.4 Å². The van der Waals surface area contributed by atoms with Crippen LogP contribution in [-0.2, 0) is 28.5 Å². The van der Waals surface area contributed by atoms with Crippen LogP contribution in [0.1, 0.15) is 27.7 Å². The second-order valence-electron chi connectivity index (χ2n) is 5.80. The molecule has 0 bridgehead atoms. The van der Waals surface area contributed by atoms with E-state index in [-0.39, 0.29) is 24.5 Å². The van der Waals surface area contributed by atoms with Gasteiger partial charge in [-0.3, -0.25) is 4.90 Å². The van der Waals surface area contributed by atoms with Gasteiger partial charge in [0.1, 0.15) is 16.9 Å². The van der Waals surface area contributed by atoms with E-state index in [2.05, 4.69) is 0 Å². The van der Waals surface area contributed by atoms with Gasteiger partial charge >= 0.3 is 18.0 Å². The number of methoxy groups -OCH3 is 2. The molecule has 1 heterocycles. The summed E-state index contributed by atoms with van der Waals surface area (Å²) in [6.07, 6.45) is -0.746. The van der Waals surface area contributed by atoms with Gasteiger partial charge in [0, 0.05) is 0 Å². The summed E-state index contributed by atoms with van der Waals surface area (Å²) in [5.74, 6) is -1.33. The van der Waals surface area contributed by atoms with Crippen LogP contribution in [-0.4, -0.2) is 61.9 Å². The molecule has 130 valence electrons. The van der Waals surface area contributed by atoms with Crippen LogP contribution in [0.3, 0.4) is 0 Å². The Morgan fingerprint density at radius 2 is 1.78 bits per heavy atom. The highest BCUT2D eigenvalue weighted by Gasteiger charge is 2.47. The molecular weight excluding hydrogens is 306 g/mol. The number of hydrogen-bond acceptors (Lipinski definition) is 7. The summed E-state index contributed by atoms with van der Waals surface area (Å²) in [5, 5.41) is 0. The van der Waals surface area contributed by atoms with Gasteiger partial charge in [-0.15, -0.1) is 0 Å². The van der Waals surface area contributed by atoms with E-state index in [1.54, 1.807) is 27.7 Å². The fourth-order valence-electron chi connectivity index (χ4n) is 2.12.